The number of nitrogens with one attached hydrogen (secondary N) is 3. The molecule has 0 bridgehead atoms. The molecule has 128 valence electrons. The zero-order valence-electron chi connectivity index (χ0n) is 13.3. The Balaban J connectivity index is 1.96. The van der Waals surface area contributed by atoms with Crippen molar-refractivity contribution >= 4 is 33.6 Å². The summed E-state index contributed by atoms with van der Waals surface area (Å²) in [5.41, 5.74) is 1.47. The summed E-state index contributed by atoms with van der Waals surface area (Å²) in [5.74, 6) is -0.906. The van der Waals surface area contributed by atoms with Crippen LogP contribution in [0.15, 0.2) is 64.3 Å². The Bertz CT molecular complexity index is 865. The van der Waals surface area contributed by atoms with Gasteiger partial charge in [-0.25, -0.2) is 9.18 Å². The van der Waals surface area contributed by atoms with Gasteiger partial charge >= 0.3 is 6.03 Å². The zero-order chi connectivity index (χ0) is 18.0. The van der Waals surface area contributed by atoms with Gasteiger partial charge in [-0.3, -0.25) is 4.79 Å². The summed E-state index contributed by atoms with van der Waals surface area (Å²) in [4.78, 5) is 24.6. The molecule has 0 aromatic heterocycles. The molecule has 7 heteroatoms. The SMILES string of the molecule is CC1=C(C(=O)Nc2ccc(Br)cc2)[C@@H](c2ccccc2F)NC(=O)N1. The van der Waals surface area contributed by atoms with Crippen LogP contribution in [-0.4, -0.2) is 11.9 Å². The Labute approximate surface area is 152 Å². The molecule has 5 nitrogen and oxygen atoms in total. The summed E-state index contributed by atoms with van der Waals surface area (Å²) < 4.78 is 15.1. The number of hydrogen-bond acceptors (Lipinski definition) is 2. The lowest BCUT2D eigenvalue weighted by Gasteiger charge is -2.28. The Hall–Kier alpha value is -2.67. The molecule has 0 spiro atoms. The molecule has 1 atom stereocenters. The first kappa shape index (κ1) is 17.2. The average Bonchev–Trinajstić information content (AvgIpc) is 2.56. The third kappa shape index (κ3) is 3.71. The van der Waals surface area contributed by atoms with Gasteiger partial charge in [-0.15, -0.1) is 0 Å². The third-order valence-corrected chi connectivity index (χ3v) is 4.36. The topological polar surface area (TPSA) is 70.2 Å². The van der Waals surface area contributed by atoms with E-state index in [0.29, 0.717) is 11.4 Å². The van der Waals surface area contributed by atoms with Crippen molar-refractivity contribution in [1.29, 1.82) is 0 Å². The van der Waals surface area contributed by atoms with Gasteiger partial charge in [0, 0.05) is 21.4 Å². The molecule has 3 N–H and O–H groups in total. The quantitative estimate of drug-likeness (QED) is 0.728. The van der Waals surface area contributed by atoms with Crippen molar-refractivity contribution in [3.63, 3.8) is 0 Å². The van der Waals surface area contributed by atoms with Crippen LogP contribution in [-0.2, 0) is 4.79 Å². The number of carbonyl (C=O) groups excluding carboxylic acids is 2. The van der Waals surface area contributed by atoms with E-state index in [1.54, 1.807) is 49.4 Å². The number of hydrogen-bond donors (Lipinski definition) is 3. The molecule has 3 amide bonds. The Kier molecular flexibility index (Phi) is 4.85. The molecule has 0 unspecified atom stereocenters. The number of carbonyl (C=O) groups is 2. The standard InChI is InChI=1S/C18H15BrFN3O2/c1-10-15(17(24)22-12-8-6-11(19)7-9-12)16(23-18(25)21-10)13-4-2-3-5-14(13)20/h2-9,16H,1H3,(H,22,24)(H2,21,23,25)/t16-/m1/s1. The van der Waals surface area contributed by atoms with Crippen molar-refractivity contribution in [3.05, 3.63) is 75.7 Å². The van der Waals surface area contributed by atoms with Crippen molar-refractivity contribution in [2.45, 2.75) is 13.0 Å². The number of halogens is 2. The maximum Gasteiger partial charge on any atom is 0.319 e. The van der Waals surface area contributed by atoms with Gasteiger partial charge in [-0.05, 0) is 37.3 Å². The van der Waals surface area contributed by atoms with Crippen LogP contribution in [0.1, 0.15) is 18.5 Å². The predicted octanol–water partition coefficient (Wildman–Crippen LogP) is 3.85. The van der Waals surface area contributed by atoms with Gasteiger partial charge < -0.3 is 16.0 Å². The summed E-state index contributed by atoms with van der Waals surface area (Å²) >= 11 is 3.33. The molecule has 3 rings (SSSR count). The highest BCUT2D eigenvalue weighted by atomic mass is 79.9. The highest BCUT2D eigenvalue weighted by Crippen LogP contribution is 2.29. The maximum absolute atomic E-state index is 14.2. The van der Waals surface area contributed by atoms with Crippen molar-refractivity contribution in [2.24, 2.45) is 0 Å². The normalized spacial score (nSPS) is 16.9. The van der Waals surface area contributed by atoms with Gasteiger partial charge in [0.15, 0.2) is 0 Å². The van der Waals surface area contributed by atoms with Crippen LogP contribution in [0.5, 0.6) is 0 Å². The zero-order valence-corrected chi connectivity index (χ0v) is 14.9. The molecular weight excluding hydrogens is 389 g/mol. The first-order valence-corrected chi connectivity index (χ1v) is 8.34. The second-order valence-corrected chi connectivity index (χ2v) is 6.47. The molecule has 25 heavy (non-hydrogen) atoms. The van der Waals surface area contributed by atoms with Crippen LogP contribution >= 0.6 is 15.9 Å². The molecule has 1 heterocycles. The van der Waals surface area contributed by atoms with E-state index in [9.17, 15) is 14.0 Å². The Morgan fingerprint density at radius 2 is 1.84 bits per heavy atom. The lowest BCUT2D eigenvalue weighted by molar-refractivity contribution is -0.113. The highest BCUT2D eigenvalue weighted by molar-refractivity contribution is 9.10. The van der Waals surface area contributed by atoms with Crippen molar-refractivity contribution in [3.8, 4) is 0 Å². The van der Waals surface area contributed by atoms with Crippen molar-refractivity contribution in [2.75, 3.05) is 5.32 Å². The summed E-state index contributed by atoms with van der Waals surface area (Å²) in [5, 5.41) is 7.95. The van der Waals surface area contributed by atoms with Crippen molar-refractivity contribution < 1.29 is 14.0 Å². The van der Waals surface area contributed by atoms with Crippen LogP contribution < -0.4 is 16.0 Å². The molecule has 0 saturated carbocycles. The largest absolute Gasteiger partial charge is 0.327 e. The smallest absolute Gasteiger partial charge is 0.319 e. The lowest BCUT2D eigenvalue weighted by atomic mass is 9.94. The van der Waals surface area contributed by atoms with E-state index in [1.807, 2.05) is 0 Å². The summed E-state index contributed by atoms with van der Waals surface area (Å²) in [6, 6.07) is 11.8. The van der Waals surface area contributed by atoms with E-state index in [1.165, 1.54) is 6.07 Å². The van der Waals surface area contributed by atoms with E-state index < -0.39 is 23.8 Å². The minimum absolute atomic E-state index is 0.234. The number of benzene rings is 2. The van der Waals surface area contributed by atoms with E-state index in [2.05, 4.69) is 31.9 Å². The monoisotopic (exact) mass is 403 g/mol. The molecule has 0 saturated heterocycles. The van der Waals surface area contributed by atoms with E-state index in [4.69, 9.17) is 0 Å². The lowest BCUT2D eigenvalue weighted by Crippen LogP contribution is -2.46. The Morgan fingerprint density at radius 3 is 2.52 bits per heavy atom. The van der Waals surface area contributed by atoms with Crippen LogP contribution in [0.2, 0.25) is 0 Å². The van der Waals surface area contributed by atoms with Gasteiger partial charge in [0.25, 0.3) is 5.91 Å². The van der Waals surface area contributed by atoms with Gasteiger partial charge in [-0.1, -0.05) is 34.1 Å². The fraction of sp³-hybridized carbons (Fsp3) is 0.111. The predicted molar refractivity (Wildman–Crippen MR) is 96.3 cm³/mol. The van der Waals surface area contributed by atoms with Crippen LogP contribution in [0.4, 0.5) is 14.9 Å². The molecule has 1 aliphatic heterocycles. The maximum atomic E-state index is 14.2. The molecule has 0 aliphatic carbocycles. The minimum Gasteiger partial charge on any atom is -0.327 e. The third-order valence-electron chi connectivity index (χ3n) is 3.83. The fourth-order valence-corrected chi connectivity index (χ4v) is 2.93. The van der Waals surface area contributed by atoms with E-state index in [-0.39, 0.29) is 11.1 Å². The van der Waals surface area contributed by atoms with Crippen molar-refractivity contribution in [1.82, 2.24) is 10.6 Å². The molecule has 1 aliphatic rings. The average molecular weight is 404 g/mol. The first-order valence-electron chi connectivity index (χ1n) is 7.55. The molecule has 2 aromatic rings. The van der Waals surface area contributed by atoms with E-state index >= 15 is 0 Å². The van der Waals surface area contributed by atoms with Gasteiger partial charge in [0.05, 0.1) is 11.6 Å². The molecule has 0 fully saturated rings. The van der Waals surface area contributed by atoms with Crippen LogP contribution in [0.3, 0.4) is 0 Å². The first-order chi connectivity index (χ1) is 12.0. The number of amides is 3. The summed E-state index contributed by atoms with van der Waals surface area (Å²) in [7, 11) is 0. The van der Waals surface area contributed by atoms with Gasteiger partial charge in [-0.2, -0.15) is 0 Å². The highest BCUT2D eigenvalue weighted by Gasteiger charge is 2.32. The number of anilines is 1. The number of rotatable bonds is 3. The summed E-state index contributed by atoms with van der Waals surface area (Å²) in [6.45, 7) is 1.61. The molecule has 2 aromatic carbocycles. The van der Waals surface area contributed by atoms with Gasteiger partial charge in [0.1, 0.15) is 5.82 Å². The second kappa shape index (κ2) is 7.06. The Morgan fingerprint density at radius 1 is 1.16 bits per heavy atom. The number of urea groups is 1. The second-order valence-electron chi connectivity index (χ2n) is 5.55. The van der Waals surface area contributed by atoms with Crippen LogP contribution in [0.25, 0.3) is 0 Å². The minimum atomic E-state index is -0.870. The molecule has 0 radical (unpaired) electrons. The van der Waals surface area contributed by atoms with Gasteiger partial charge in [0.2, 0.25) is 0 Å². The van der Waals surface area contributed by atoms with Crippen LogP contribution in [0, 0.1) is 5.82 Å². The fourth-order valence-electron chi connectivity index (χ4n) is 2.67. The summed E-state index contributed by atoms with van der Waals surface area (Å²) in [6.07, 6.45) is 0. The number of allylic oxidation sites excluding steroid dienone is 1. The molecular formula is C18H15BrFN3O2. The van der Waals surface area contributed by atoms with E-state index in [0.717, 1.165) is 4.47 Å².